The average molecular weight is 311 g/mol. The number of hydrogen-bond acceptors (Lipinski definition) is 5. The first kappa shape index (κ1) is 14.9. The third-order valence-electron chi connectivity index (χ3n) is 2.86. The molecule has 2 rings (SSSR count). The molecule has 1 heterocycles. The number of hydrogen-bond donors (Lipinski definition) is 1. The summed E-state index contributed by atoms with van der Waals surface area (Å²) in [5.74, 6) is -0.509. The second kappa shape index (κ2) is 5.13. The van der Waals surface area contributed by atoms with Gasteiger partial charge in [0.05, 0.1) is 7.11 Å². The standard InChI is InChI=1S/C11H12F3NO4S/c1-18-9-4-7-2-3-15-6-8(7)5-10(9)19-20(16,17)11(12,13)14/h4-5,15H,2-3,6H2,1H3. The maximum Gasteiger partial charge on any atom is 0.534 e. The van der Waals surface area contributed by atoms with Gasteiger partial charge in [-0.3, -0.25) is 0 Å². The number of methoxy groups -OCH3 is 1. The van der Waals surface area contributed by atoms with Crippen molar-refractivity contribution < 1.29 is 30.5 Å². The highest BCUT2D eigenvalue weighted by Gasteiger charge is 2.49. The van der Waals surface area contributed by atoms with Crippen LogP contribution in [0.4, 0.5) is 13.2 Å². The molecule has 1 aliphatic rings. The van der Waals surface area contributed by atoms with E-state index in [2.05, 4.69) is 9.50 Å². The Morgan fingerprint density at radius 3 is 2.45 bits per heavy atom. The van der Waals surface area contributed by atoms with Gasteiger partial charge >= 0.3 is 15.6 Å². The fraction of sp³-hybridized carbons (Fsp3) is 0.455. The van der Waals surface area contributed by atoms with Gasteiger partial charge in [-0.25, -0.2) is 0 Å². The number of fused-ring (bicyclic) bond motifs is 1. The molecule has 0 spiro atoms. The minimum atomic E-state index is -5.71. The Hall–Kier alpha value is -1.48. The van der Waals surface area contributed by atoms with E-state index in [1.54, 1.807) is 0 Å². The summed E-state index contributed by atoms with van der Waals surface area (Å²) in [6.07, 6.45) is 0.679. The van der Waals surface area contributed by atoms with Crippen LogP contribution >= 0.6 is 0 Å². The van der Waals surface area contributed by atoms with Gasteiger partial charge in [-0.1, -0.05) is 0 Å². The lowest BCUT2D eigenvalue weighted by Gasteiger charge is -2.20. The van der Waals surface area contributed by atoms with Gasteiger partial charge in [0.1, 0.15) is 0 Å². The summed E-state index contributed by atoms with van der Waals surface area (Å²) in [5.41, 5.74) is -3.91. The minimum absolute atomic E-state index is 0.0431. The molecule has 9 heteroatoms. The van der Waals surface area contributed by atoms with Crippen molar-refractivity contribution in [2.75, 3.05) is 13.7 Å². The lowest BCUT2D eigenvalue weighted by Crippen LogP contribution is -2.28. The Kier molecular flexibility index (Phi) is 3.83. The molecule has 0 aliphatic carbocycles. The van der Waals surface area contributed by atoms with Crippen LogP contribution in [-0.2, 0) is 23.1 Å². The van der Waals surface area contributed by atoms with Crippen LogP contribution in [0, 0.1) is 0 Å². The molecule has 1 aliphatic heterocycles. The summed E-state index contributed by atoms with van der Waals surface area (Å²) in [5, 5.41) is 3.03. The molecule has 0 radical (unpaired) electrons. The molecular formula is C11H12F3NO4S. The fourth-order valence-electron chi connectivity index (χ4n) is 1.88. The van der Waals surface area contributed by atoms with Crippen LogP contribution in [0.15, 0.2) is 12.1 Å². The Balaban J connectivity index is 2.41. The average Bonchev–Trinajstić information content (AvgIpc) is 2.36. The molecule has 20 heavy (non-hydrogen) atoms. The zero-order valence-corrected chi connectivity index (χ0v) is 11.3. The van der Waals surface area contributed by atoms with Crippen LogP contribution in [0.3, 0.4) is 0 Å². The summed E-state index contributed by atoms with van der Waals surface area (Å²) in [6.45, 7) is 1.17. The molecule has 1 aromatic carbocycles. The van der Waals surface area contributed by atoms with Crippen LogP contribution in [0.2, 0.25) is 0 Å². The van der Waals surface area contributed by atoms with Gasteiger partial charge in [0.2, 0.25) is 0 Å². The Morgan fingerprint density at radius 1 is 1.20 bits per heavy atom. The van der Waals surface area contributed by atoms with Gasteiger partial charge in [-0.05, 0) is 36.2 Å². The zero-order chi connectivity index (χ0) is 15.0. The van der Waals surface area contributed by atoms with Crippen molar-refractivity contribution in [3.05, 3.63) is 23.3 Å². The quantitative estimate of drug-likeness (QED) is 0.678. The van der Waals surface area contributed by atoms with Crippen molar-refractivity contribution in [1.82, 2.24) is 5.32 Å². The summed E-state index contributed by atoms with van der Waals surface area (Å²) in [6, 6.07) is 2.75. The first-order valence-corrected chi connectivity index (χ1v) is 7.06. The molecule has 1 N–H and O–H groups in total. The Morgan fingerprint density at radius 2 is 1.85 bits per heavy atom. The van der Waals surface area contributed by atoms with Crippen LogP contribution in [0.25, 0.3) is 0 Å². The highest BCUT2D eigenvalue weighted by molar-refractivity contribution is 7.88. The SMILES string of the molecule is COc1cc2c(cc1OS(=O)(=O)C(F)(F)F)CNCC2. The first-order valence-electron chi connectivity index (χ1n) is 5.66. The van der Waals surface area contributed by atoms with E-state index in [0.717, 1.165) is 12.1 Å². The van der Waals surface area contributed by atoms with E-state index < -0.39 is 21.4 Å². The summed E-state index contributed by atoms with van der Waals surface area (Å²) in [4.78, 5) is 0. The van der Waals surface area contributed by atoms with Gasteiger partial charge in [-0.2, -0.15) is 21.6 Å². The molecule has 5 nitrogen and oxygen atoms in total. The Labute approximate surface area is 113 Å². The highest BCUT2D eigenvalue weighted by atomic mass is 32.2. The van der Waals surface area contributed by atoms with Crippen LogP contribution in [0.1, 0.15) is 11.1 Å². The predicted molar refractivity (Wildman–Crippen MR) is 64.0 cm³/mol. The fourth-order valence-corrected chi connectivity index (χ4v) is 2.34. The van der Waals surface area contributed by atoms with Crippen molar-refractivity contribution in [3.63, 3.8) is 0 Å². The zero-order valence-electron chi connectivity index (χ0n) is 10.5. The van der Waals surface area contributed by atoms with E-state index in [1.807, 2.05) is 0 Å². The smallest absolute Gasteiger partial charge is 0.493 e. The monoisotopic (exact) mass is 311 g/mol. The molecule has 0 atom stereocenters. The van der Waals surface area contributed by atoms with Gasteiger partial charge < -0.3 is 14.2 Å². The molecule has 0 unspecified atom stereocenters. The molecular weight excluding hydrogens is 299 g/mol. The maximum absolute atomic E-state index is 12.3. The van der Waals surface area contributed by atoms with E-state index in [1.165, 1.54) is 19.2 Å². The van der Waals surface area contributed by atoms with E-state index in [4.69, 9.17) is 4.74 Å². The van der Waals surface area contributed by atoms with Crippen molar-refractivity contribution in [2.24, 2.45) is 0 Å². The maximum atomic E-state index is 12.3. The summed E-state index contributed by atoms with van der Waals surface area (Å²) >= 11 is 0. The lowest BCUT2D eigenvalue weighted by molar-refractivity contribution is -0.0500. The normalized spacial score (nSPS) is 15.6. The molecule has 0 aromatic heterocycles. The van der Waals surface area contributed by atoms with Gasteiger partial charge in [0, 0.05) is 6.54 Å². The van der Waals surface area contributed by atoms with E-state index in [-0.39, 0.29) is 5.75 Å². The van der Waals surface area contributed by atoms with Crippen molar-refractivity contribution in [3.8, 4) is 11.5 Å². The second-order valence-electron chi connectivity index (χ2n) is 4.18. The number of alkyl halides is 3. The number of benzene rings is 1. The molecule has 0 amide bonds. The van der Waals surface area contributed by atoms with Crippen LogP contribution < -0.4 is 14.2 Å². The van der Waals surface area contributed by atoms with E-state index in [0.29, 0.717) is 18.5 Å². The van der Waals surface area contributed by atoms with Crippen molar-refractivity contribution in [1.29, 1.82) is 0 Å². The molecule has 0 fully saturated rings. The van der Waals surface area contributed by atoms with Crippen LogP contribution in [-0.4, -0.2) is 27.6 Å². The largest absolute Gasteiger partial charge is 0.534 e. The topological polar surface area (TPSA) is 64.6 Å². The lowest BCUT2D eigenvalue weighted by atomic mass is 10.0. The van der Waals surface area contributed by atoms with Gasteiger partial charge in [-0.15, -0.1) is 0 Å². The van der Waals surface area contributed by atoms with E-state index in [9.17, 15) is 21.6 Å². The van der Waals surface area contributed by atoms with Crippen molar-refractivity contribution in [2.45, 2.75) is 18.5 Å². The van der Waals surface area contributed by atoms with Gasteiger partial charge in [0.15, 0.2) is 11.5 Å². The third kappa shape index (κ3) is 2.83. The molecule has 0 saturated carbocycles. The van der Waals surface area contributed by atoms with Crippen molar-refractivity contribution >= 4 is 10.1 Å². The highest BCUT2D eigenvalue weighted by Crippen LogP contribution is 2.35. The van der Waals surface area contributed by atoms with Gasteiger partial charge in [0.25, 0.3) is 0 Å². The van der Waals surface area contributed by atoms with E-state index >= 15 is 0 Å². The third-order valence-corrected chi connectivity index (χ3v) is 3.82. The summed E-state index contributed by atoms with van der Waals surface area (Å²) in [7, 11) is -4.48. The first-order chi connectivity index (χ1) is 9.24. The Bertz CT molecular complexity index is 613. The number of rotatable bonds is 3. The minimum Gasteiger partial charge on any atom is -0.493 e. The summed E-state index contributed by atoms with van der Waals surface area (Å²) < 4.78 is 68.1. The number of nitrogens with one attached hydrogen (secondary N) is 1. The molecule has 0 saturated heterocycles. The molecule has 112 valence electrons. The number of halogens is 3. The second-order valence-corrected chi connectivity index (χ2v) is 5.72. The van der Waals surface area contributed by atoms with Crippen LogP contribution in [0.5, 0.6) is 11.5 Å². The molecule has 0 bridgehead atoms. The number of ether oxygens (including phenoxy) is 1. The predicted octanol–water partition coefficient (Wildman–Crippen LogP) is 1.57. The molecule has 1 aromatic rings.